The lowest BCUT2D eigenvalue weighted by molar-refractivity contribution is 0.0691. The van der Waals surface area contributed by atoms with Crippen LogP contribution >= 0.6 is 11.6 Å². The molecule has 2 rings (SSSR count). The van der Waals surface area contributed by atoms with Gasteiger partial charge in [-0.05, 0) is 24.3 Å². The number of halogens is 2. The molecule has 1 aromatic heterocycles. The molecular weight excluding hydrogens is 287 g/mol. The van der Waals surface area contributed by atoms with Gasteiger partial charge in [0.1, 0.15) is 11.5 Å². The minimum atomic E-state index is -1.30. The van der Waals surface area contributed by atoms with Crippen LogP contribution in [0.25, 0.3) is 0 Å². The first-order valence-corrected chi connectivity index (χ1v) is 5.82. The second-order valence-corrected chi connectivity index (χ2v) is 4.16. The van der Waals surface area contributed by atoms with Gasteiger partial charge in [-0.25, -0.2) is 9.18 Å². The van der Waals surface area contributed by atoms with Crippen LogP contribution in [0.1, 0.15) is 20.8 Å². The second-order valence-electron chi connectivity index (χ2n) is 3.76. The van der Waals surface area contributed by atoms with E-state index in [4.69, 9.17) is 16.7 Å². The number of nitrogens with one attached hydrogen (secondary N) is 1. The van der Waals surface area contributed by atoms with E-state index in [1.165, 1.54) is 30.5 Å². The first-order valence-electron chi connectivity index (χ1n) is 5.44. The van der Waals surface area contributed by atoms with Crippen molar-refractivity contribution in [1.82, 2.24) is 4.98 Å². The Hall–Kier alpha value is -2.47. The van der Waals surface area contributed by atoms with Crippen molar-refractivity contribution in [3.05, 3.63) is 58.6 Å². The maximum absolute atomic E-state index is 13.5. The zero-order valence-corrected chi connectivity index (χ0v) is 10.7. The molecule has 0 fully saturated rings. The van der Waals surface area contributed by atoms with Crippen LogP contribution in [0.15, 0.2) is 36.5 Å². The zero-order chi connectivity index (χ0) is 14.7. The van der Waals surface area contributed by atoms with E-state index >= 15 is 0 Å². The fraction of sp³-hybridized carbons (Fsp3) is 0. The number of aromatic carboxylic acids is 1. The highest BCUT2D eigenvalue weighted by Gasteiger charge is 2.19. The van der Waals surface area contributed by atoms with Gasteiger partial charge in [0, 0.05) is 6.20 Å². The molecule has 1 amide bonds. The molecule has 0 atom stereocenters. The standard InChI is InChI=1S/C13H8ClFN2O3/c14-8-4-1-5-9(15)11(8)17-12(18)10-7(13(19)20)3-2-6-16-10/h1-6H,(H,17,18)(H,19,20). The number of carbonyl (C=O) groups excluding carboxylic acids is 1. The van der Waals surface area contributed by atoms with Crippen LogP contribution < -0.4 is 5.32 Å². The third kappa shape index (κ3) is 2.75. The Morgan fingerprint density at radius 2 is 2.00 bits per heavy atom. The molecule has 2 aromatic rings. The summed E-state index contributed by atoms with van der Waals surface area (Å²) in [5, 5.41) is 11.2. The number of carbonyl (C=O) groups is 2. The molecule has 0 aliphatic rings. The number of para-hydroxylation sites is 1. The fourth-order valence-electron chi connectivity index (χ4n) is 1.55. The maximum atomic E-state index is 13.5. The predicted octanol–water partition coefficient (Wildman–Crippen LogP) is 2.82. The van der Waals surface area contributed by atoms with Crippen molar-refractivity contribution in [2.75, 3.05) is 5.32 Å². The normalized spacial score (nSPS) is 10.1. The minimum absolute atomic E-state index is 0.00570. The van der Waals surface area contributed by atoms with Crippen LogP contribution in [0.4, 0.5) is 10.1 Å². The highest BCUT2D eigenvalue weighted by atomic mass is 35.5. The summed E-state index contributed by atoms with van der Waals surface area (Å²) in [6, 6.07) is 6.52. The number of aromatic nitrogens is 1. The Labute approximate surface area is 118 Å². The molecule has 2 N–H and O–H groups in total. The van der Waals surface area contributed by atoms with Gasteiger partial charge in [0.2, 0.25) is 0 Å². The second kappa shape index (κ2) is 5.66. The van der Waals surface area contributed by atoms with Crippen molar-refractivity contribution in [1.29, 1.82) is 0 Å². The highest BCUT2D eigenvalue weighted by Crippen LogP contribution is 2.25. The Morgan fingerprint density at radius 1 is 1.25 bits per heavy atom. The van der Waals surface area contributed by atoms with E-state index < -0.39 is 17.7 Å². The molecule has 0 bridgehead atoms. The van der Waals surface area contributed by atoms with Crippen molar-refractivity contribution in [2.45, 2.75) is 0 Å². The highest BCUT2D eigenvalue weighted by molar-refractivity contribution is 6.34. The van der Waals surface area contributed by atoms with Gasteiger partial charge in [-0.1, -0.05) is 17.7 Å². The minimum Gasteiger partial charge on any atom is -0.478 e. The van der Waals surface area contributed by atoms with Crippen molar-refractivity contribution >= 4 is 29.2 Å². The summed E-state index contributed by atoms with van der Waals surface area (Å²) in [6.07, 6.45) is 1.27. The number of nitrogens with zero attached hydrogens (tertiary/aromatic N) is 1. The van der Waals surface area contributed by atoms with Gasteiger partial charge in [0.25, 0.3) is 5.91 Å². The smallest absolute Gasteiger partial charge is 0.338 e. The molecule has 1 aromatic carbocycles. The van der Waals surface area contributed by atoms with Crippen LogP contribution in [0.2, 0.25) is 5.02 Å². The zero-order valence-electron chi connectivity index (χ0n) is 9.93. The number of pyridine rings is 1. The fourth-order valence-corrected chi connectivity index (χ4v) is 1.76. The van der Waals surface area contributed by atoms with E-state index in [2.05, 4.69) is 10.3 Å². The maximum Gasteiger partial charge on any atom is 0.338 e. The number of rotatable bonds is 3. The molecule has 7 heteroatoms. The van der Waals surface area contributed by atoms with Crippen molar-refractivity contribution in [3.8, 4) is 0 Å². The summed E-state index contributed by atoms with van der Waals surface area (Å²) >= 11 is 5.77. The average Bonchev–Trinajstić information content (AvgIpc) is 2.43. The third-order valence-corrected chi connectivity index (χ3v) is 2.77. The van der Waals surface area contributed by atoms with Crippen LogP contribution in [0, 0.1) is 5.82 Å². The molecule has 0 aliphatic carbocycles. The number of hydrogen-bond donors (Lipinski definition) is 2. The summed E-state index contributed by atoms with van der Waals surface area (Å²) in [7, 11) is 0. The number of anilines is 1. The Kier molecular flexibility index (Phi) is 3.95. The number of benzene rings is 1. The largest absolute Gasteiger partial charge is 0.478 e. The molecule has 5 nitrogen and oxygen atoms in total. The van der Waals surface area contributed by atoms with Gasteiger partial charge in [0.05, 0.1) is 16.3 Å². The lowest BCUT2D eigenvalue weighted by Gasteiger charge is -2.09. The van der Waals surface area contributed by atoms with Crippen LogP contribution in [0.3, 0.4) is 0 Å². The van der Waals surface area contributed by atoms with E-state index in [0.29, 0.717) is 0 Å². The lowest BCUT2D eigenvalue weighted by atomic mass is 10.2. The molecular formula is C13H8ClFN2O3. The van der Waals surface area contributed by atoms with E-state index in [-0.39, 0.29) is 22.0 Å². The average molecular weight is 295 g/mol. The molecule has 102 valence electrons. The molecule has 1 heterocycles. The van der Waals surface area contributed by atoms with Crippen LogP contribution in [-0.2, 0) is 0 Å². The van der Waals surface area contributed by atoms with E-state index in [0.717, 1.165) is 6.07 Å². The Bertz CT molecular complexity index is 671. The molecule has 0 radical (unpaired) electrons. The SMILES string of the molecule is O=C(O)c1cccnc1C(=O)Nc1c(F)cccc1Cl. The topological polar surface area (TPSA) is 79.3 Å². The third-order valence-electron chi connectivity index (χ3n) is 2.45. The van der Waals surface area contributed by atoms with E-state index in [1.807, 2.05) is 0 Å². The van der Waals surface area contributed by atoms with Crippen LogP contribution in [-0.4, -0.2) is 22.0 Å². The lowest BCUT2D eigenvalue weighted by Crippen LogP contribution is -2.19. The van der Waals surface area contributed by atoms with E-state index in [9.17, 15) is 14.0 Å². The number of amides is 1. The van der Waals surface area contributed by atoms with Gasteiger partial charge in [0.15, 0.2) is 0 Å². The molecule has 20 heavy (non-hydrogen) atoms. The summed E-state index contributed by atoms with van der Waals surface area (Å²) < 4.78 is 13.5. The van der Waals surface area contributed by atoms with Crippen molar-refractivity contribution in [3.63, 3.8) is 0 Å². The summed E-state index contributed by atoms with van der Waals surface area (Å²) in [4.78, 5) is 26.7. The van der Waals surface area contributed by atoms with Gasteiger partial charge < -0.3 is 10.4 Å². The molecule has 0 unspecified atom stereocenters. The molecule has 0 aliphatic heterocycles. The number of carboxylic acid groups (broad SMARTS) is 1. The first-order chi connectivity index (χ1) is 9.50. The summed E-state index contributed by atoms with van der Waals surface area (Å²) in [5.74, 6) is -2.88. The molecule has 0 saturated carbocycles. The Balaban J connectivity index is 2.36. The van der Waals surface area contributed by atoms with Gasteiger partial charge in [-0.15, -0.1) is 0 Å². The number of carboxylic acids is 1. The first kappa shape index (κ1) is 14.0. The van der Waals surface area contributed by atoms with Crippen molar-refractivity contribution in [2.24, 2.45) is 0 Å². The Morgan fingerprint density at radius 3 is 2.65 bits per heavy atom. The molecule has 0 saturated heterocycles. The quantitative estimate of drug-likeness (QED) is 0.912. The van der Waals surface area contributed by atoms with Crippen LogP contribution in [0.5, 0.6) is 0 Å². The molecule has 0 spiro atoms. The van der Waals surface area contributed by atoms with Gasteiger partial charge in [-0.3, -0.25) is 9.78 Å². The van der Waals surface area contributed by atoms with Crippen molar-refractivity contribution < 1.29 is 19.1 Å². The summed E-state index contributed by atoms with van der Waals surface area (Å²) in [5.41, 5.74) is -0.821. The van der Waals surface area contributed by atoms with Gasteiger partial charge >= 0.3 is 5.97 Å². The monoisotopic (exact) mass is 294 g/mol. The van der Waals surface area contributed by atoms with E-state index in [1.54, 1.807) is 0 Å². The number of hydrogen-bond acceptors (Lipinski definition) is 3. The predicted molar refractivity (Wildman–Crippen MR) is 70.6 cm³/mol. The van der Waals surface area contributed by atoms with Gasteiger partial charge in [-0.2, -0.15) is 0 Å². The summed E-state index contributed by atoms with van der Waals surface area (Å²) in [6.45, 7) is 0.